The van der Waals surface area contributed by atoms with Crippen LogP contribution in [0.5, 0.6) is 17.2 Å². The molecule has 1 heterocycles. The van der Waals surface area contributed by atoms with Crippen LogP contribution < -0.4 is 19.6 Å². The molecule has 0 unspecified atom stereocenters. The summed E-state index contributed by atoms with van der Waals surface area (Å²) in [5.41, 5.74) is 5.27. The van der Waals surface area contributed by atoms with Gasteiger partial charge in [0.25, 0.3) is 5.91 Å². The van der Waals surface area contributed by atoms with E-state index < -0.39 is 0 Å². The first-order valence-corrected chi connectivity index (χ1v) is 8.43. The number of nitrogens with one attached hydrogen (secondary N) is 1. The summed E-state index contributed by atoms with van der Waals surface area (Å²) in [6.45, 7) is 4.00. The Morgan fingerprint density at radius 2 is 2.16 bits per heavy atom. The maximum absolute atomic E-state index is 11.9. The first-order valence-electron chi connectivity index (χ1n) is 7.64. The van der Waals surface area contributed by atoms with Crippen LogP contribution >= 0.6 is 15.9 Å². The number of aryl methyl sites for hydroxylation is 2. The predicted octanol–water partition coefficient (Wildman–Crippen LogP) is 3.32. The van der Waals surface area contributed by atoms with Crippen molar-refractivity contribution >= 4 is 28.1 Å². The van der Waals surface area contributed by atoms with Crippen molar-refractivity contribution in [2.45, 2.75) is 13.8 Å². The number of benzene rings is 2. The summed E-state index contributed by atoms with van der Waals surface area (Å²) < 4.78 is 17.0. The molecule has 0 aliphatic carbocycles. The van der Waals surface area contributed by atoms with Crippen LogP contribution in [-0.4, -0.2) is 25.5 Å². The van der Waals surface area contributed by atoms with Gasteiger partial charge < -0.3 is 14.2 Å². The molecule has 0 saturated heterocycles. The molecule has 3 rings (SSSR count). The molecular weight excluding hydrogens is 388 g/mol. The summed E-state index contributed by atoms with van der Waals surface area (Å²) >= 11 is 3.41. The number of nitrogens with zero attached hydrogens (tertiary/aromatic N) is 1. The van der Waals surface area contributed by atoms with Crippen molar-refractivity contribution in [2.24, 2.45) is 5.10 Å². The average molecular weight is 405 g/mol. The van der Waals surface area contributed by atoms with E-state index in [2.05, 4.69) is 26.5 Å². The molecule has 6 nitrogen and oxygen atoms in total. The Balaban J connectivity index is 1.55. The Morgan fingerprint density at radius 3 is 3.00 bits per heavy atom. The first-order chi connectivity index (χ1) is 12.0. The van der Waals surface area contributed by atoms with Crippen molar-refractivity contribution < 1.29 is 19.0 Å². The van der Waals surface area contributed by atoms with E-state index in [1.54, 1.807) is 6.07 Å². The number of hydrogen-bond acceptors (Lipinski definition) is 5. The molecular formula is C18H17BrN2O4. The first kappa shape index (κ1) is 17.3. The van der Waals surface area contributed by atoms with Gasteiger partial charge in [-0.15, -0.1) is 0 Å². The lowest BCUT2D eigenvalue weighted by atomic mass is 10.1. The highest BCUT2D eigenvalue weighted by atomic mass is 79.9. The molecule has 0 bridgehead atoms. The zero-order chi connectivity index (χ0) is 17.8. The van der Waals surface area contributed by atoms with Gasteiger partial charge in [-0.3, -0.25) is 4.79 Å². The minimum Gasteiger partial charge on any atom is -0.483 e. The molecule has 1 aliphatic heterocycles. The highest BCUT2D eigenvalue weighted by Crippen LogP contribution is 2.39. The second-order valence-electron chi connectivity index (χ2n) is 5.59. The summed E-state index contributed by atoms with van der Waals surface area (Å²) in [4.78, 5) is 11.9. The van der Waals surface area contributed by atoms with Crippen LogP contribution in [0, 0.1) is 13.8 Å². The van der Waals surface area contributed by atoms with Crippen LogP contribution in [0.15, 0.2) is 39.9 Å². The highest BCUT2D eigenvalue weighted by Gasteiger charge is 2.17. The summed E-state index contributed by atoms with van der Waals surface area (Å²) in [5, 5.41) is 3.94. The normalized spacial score (nSPS) is 12.4. The number of rotatable bonds is 5. The van der Waals surface area contributed by atoms with Crippen LogP contribution in [0.25, 0.3) is 0 Å². The smallest absolute Gasteiger partial charge is 0.277 e. The molecule has 1 N–H and O–H groups in total. The Hall–Kier alpha value is -2.54. The van der Waals surface area contributed by atoms with Crippen molar-refractivity contribution in [3.63, 3.8) is 0 Å². The highest BCUT2D eigenvalue weighted by molar-refractivity contribution is 9.10. The fourth-order valence-corrected chi connectivity index (χ4v) is 2.85. The second-order valence-corrected chi connectivity index (χ2v) is 6.44. The maximum Gasteiger partial charge on any atom is 0.277 e. The fraction of sp³-hybridized carbons (Fsp3) is 0.222. The van der Waals surface area contributed by atoms with Gasteiger partial charge in [-0.1, -0.05) is 12.1 Å². The van der Waals surface area contributed by atoms with E-state index in [9.17, 15) is 4.79 Å². The van der Waals surface area contributed by atoms with E-state index in [-0.39, 0.29) is 19.3 Å². The second kappa shape index (κ2) is 7.57. The van der Waals surface area contributed by atoms with E-state index in [1.165, 1.54) is 6.21 Å². The number of fused-ring (bicyclic) bond motifs is 1. The van der Waals surface area contributed by atoms with E-state index in [1.807, 2.05) is 38.1 Å². The maximum atomic E-state index is 11.9. The molecule has 2 aromatic carbocycles. The topological polar surface area (TPSA) is 69.2 Å². The minimum absolute atomic E-state index is 0.105. The van der Waals surface area contributed by atoms with Crippen molar-refractivity contribution in [1.29, 1.82) is 0 Å². The summed E-state index contributed by atoms with van der Waals surface area (Å²) in [6.07, 6.45) is 1.53. The lowest BCUT2D eigenvalue weighted by Gasteiger charge is -2.08. The Labute approximate surface area is 153 Å². The SMILES string of the molecule is Cc1ccc(C)c(OCC(=O)N/N=C\c2cc(Br)c3c(c2)OCO3)c1. The standard InChI is InChI=1S/C18H17BrN2O4/c1-11-3-4-12(2)15(5-11)23-9-17(22)21-20-8-13-6-14(19)18-16(7-13)24-10-25-18/h3-8H,9-10H2,1-2H3,(H,21,22)/b20-8-. The molecule has 130 valence electrons. The third-order valence-corrected chi connectivity index (χ3v) is 4.14. The number of halogens is 1. The quantitative estimate of drug-likeness (QED) is 0.612. The zero-order valence-electron chi connectivity index (χ0n) is 13.8. The minimum atomic E-state index is -0.336. The number of amides is 1. The molecule has 0 radical (unpaired) electrons. The largest absolute Gasteiger partial charge is 0.483 e. The van der Waals surface area contributed by atoms with Gasteiger partial charge in [-0.25, -0.2) is 5.43 Å². The van der Waals surface area contributed by atoms with Crippen LogP contribution in [-0.2, 0) is 4.79 Å². The molecule has 25 heavy (non-hydrogen) atoms. The van der Waals surface area contributed by atoms with Gasteiger partial charge in [0.15, 0.2) is 18.1 Å². The molecule has 0 aromatic heterocycles. The number of carbonyl (C=O) groups excluding carboxylic acids is 1. The van der Waals surface area contributed by atoms with E-state index in [0.29, 0.717) is 17.2 Å². The summed E-state index contributed by atoms with van der Waals surface area (Å²) in [6, 6.07) is 9.47. The van der Waals surface area contributed by atoms with Crippen molar-refractivity contribution in [3.05, 3.63) is 51.5 Å². The van der Waals surface area contributed by atoms with Crippen molar-refractivity contribution in [1.82, 2.24) is 5.43 Å². The van der Waals surface area contributed by atoms with Crippen LogP contribution in [0.4, 0.5) is 0 Å². The number of hydrogen-bond donors (Lipinski definition) is 1. The summed E-state index contributed by atoms with van der Waals surface area (Å²) in [7, 11) is 0. The van der Waals surface area contributed by atoms with Crippen LogP contribution in [0.3, 0.4) is 0 Å². The Bertz CT molecular complexity index is 836. The third kappa shape index (κ3) is 4.30. The van der Waals surface area contributed by atoms with Gasteiger partial charge in [0.1, 0.15) is 5.75 Å². The third-order valence-electron chi connectivity index (χ3n) is 3.55. The number of hydrazone groups is 1. The van der Waals surface area contributed by atoms with E-state index in [0.717, 1.165) is 21.2 Å². The van der Waals surface area contributed by atoms with Crippen molar-refractivity contribution in [2.75, 3.05) is 13.4 Å². The fourth-order valence-electron chi connectivity index (χ4n) is 2.28. The molecule has 0 saturated carbocycles. The molecule has 2 aromatic rings. The zero-order valence-corrected chi connectivity index (χ0v) is 15.4. The lowest BCUT2D eigenvalue weighted by molar-refractivity contribution is -0.123. The molecule has 0 fully saturated rings. The number of carbonyl (C=O) groups is 1. The molecule has 0 spiro atoms. The number of ether oxygens (including phenoxy) is 3. The van der Waals surface area contributed by atoms with Crippen molar-refractivity contribution in [3.8, 4) is 17.2 Å². The van der Waals surface area contributed by atoms with Gasteiger partial charge in [-0.2, -0.15) is 5.10 Å². The van der Waals surface area contributed by atoms with Crippen LogP contribution in [0.1, 0.15) is 16.7 Å². The van der Waals surface area contributed by atoms with E-state index in [4.69, 9.17) is 14.2 Å². The van der Waals surface area contributed by atoms with Gasteiger partial charge >= 0.3 is 0 Å². The average Bonchev–Trinajstić information content (AvgIpc) is 3.05. The van der Waals surface area contributed by atoms with Gasteiger partial charge in [0, 0.05) is 0 Å². The molecule has 1 aliphatic rings. The monoisotopic (exact) mass is 404 g/mol. The van der Waals surface area contributed by atoms with E-state index >= 15 is 0 Å². The van der Waals surface area contributed by atoms with Gasteiger partial charge in [-0.05, 0) is 64.7 Å². The van der Waals surface area contributed by atoms with Crippen LogP contribution in [0.2, 0.25) is 0 Å². The van der Waals surface area contributed by atoms with Gasteiger partial charge in [0.2, 0.25) is 6.79 Å². The lowest BCUT2D eigenvalue weighted by Crippen LogP contribution is -2.24. The molecule has 7 heteroatoms. The predicted molar refractivity (Wildman–Crippen MR) is 97.4 cm³/mol. The molecule has 0 atom stereocenters. The Kier molecular flexibility index (Phi) is 5.23. The Morgan fingerprint density at radius 1 is 1.32 bits per heavy atom. The summed E-state index contributed by atoms with van der Waals surface area (Å²) in [5.74, 6) is 1.67. The van der Waals surface area contributed by atoms with Gasteiger partial charge in [0.05, 0.1) is 10.7 Å². The molecule has 1 amide bonds.